The van der Waals surface area contributed by atoms with Crippen LogP contribution in [0, 0.1) is 0 Å². The van der Waals surface area contributed by atoms with Gasteiger partial charge in [0.05, 0.1) is 31.0 Å². The minimum Gasteiger partial charge on any atom is -0.507 e. The van der Waals surface area contributed by atoms with E-state index in [9.17, 15) is 14.7 Å². The predicted molar refractivity (Wildman–Crippen MR) is 109 cm³/mol. The molecular weight excluding hydrogens is 382 g/mol. The number of nitrogens with zero attached hydrogens (tertiary/aromatic N) is 3. The number of pyridine rings is 2. The lowest BCUT2D eigenvalue weighted by Crippen LogP contribution is -2.29. The zero-order valence-electron chi connectivity index (χ0n) is 16.2. The zero-order valence-corrected chi connectivity index (χ0v) is 16.2. The van der Waals surface area contributed by atoms with E-state index in [-0.39, 0.29) is 17.9 Å². The van der Waals surface area contributed by atoms with Gasteiger partial charge in [0.1, 0.15) is 11.5 Å². The SMILES string of the molecule is COc1ccc(/C(O)=C2\C(=O)C(=O)N(Cc3ccccn3)C2c2cccnc2)cc1. The Morgan fingerprint density at radius 1 is 1.07 bits per heavy atom. The van der Waals surface area contributed by atoms with Crippen molar-refractivity contribution in [3.05, 3.63) is 95.6 Å². The van der Waals surface area contributed by atoms with Crippen molar-refractivity contribution >= 4 is 17.4 Å². The molecule has 1 unspecified atom stereocenters. The van der Waals surface area contributed by atoms with E-state index >= 15 is 0 Å². The summed E-state index contributed by atoms with van der Waals surface area (Å²) in [5.41, 5.74) is 1.70. The summed E-state index contributed by atoms with van der Waals surface area (Å²) < 4.78 is 5.14. The third kappa shape index (κ3) is 3.53. The molecule has 0 radical (unpaired) electrons. The molecular formula is C23H19N3O4. The van der Waals surface area contributed by atoms with E-state index in [4.69, 9.17) is 4.74 Å². The topological polar surface area (TPSA) is 92.6 Å². The standard InChI is InChI=1S/C23H19N3O4/c1-30-18-9-7-15(8-10-18)21(27)19-20(16-5-4-11-24-13-16)26(23(29)22(19)28)14-17-6-2-3-12-25-17/h2-13,20,27H,14H2,1H3/b21-19+. The highest BCUT2D eigenvalue weighted by Crippen LogP contribution is 2.39. The van der Waals surface area contributed by atoms with Crippen LogP contribution >= 0.6 is 0 Å². The molecule has 7 heteroatoms. The third-order valence-electron chi connectivity index (χ3n) is 4.96. The monoisotopic (exact) mass is 401 g/mol. The lowest BCUT2D eigenvalue weighted by Gasteiger charge is -2.24. The van der Waals surface area contributed by atoms with Crippen LogP contribution in [0.3, 0.4) is 0 Å². The highest BCUT2D eigenvalue weighted by molar-refractivity contribution is 6.46. The third-order valence-corrected chi connectivity index (χ3v) is 4.96. The van der Waals surface area contributed by atoms with E-state index in [1.54, 1.807) is 74.2 Å². The van der Waals surface area contributed by atoms with Gasteiger partial charge in [-0.15, -0.1) is 0 Å². The number of benzene rings is 1. The van der Waals surface area contributed by atoms with Crippen LogP contribution in [-0.2, 0) is 16.1 Å². The average Bonchev–Trinajstić information content (AvgIpc) is 3.05. The van der Waals surface area contributed by atoms with E-state index < -0.39 is 17.7 Å². The zero-order chi connectivity index (χ0) is 21.1. The summed E-state index contributed by atoms with van der Waals surface area (Å²) >= 11 is 0. The molecule has 150 valence electrons. The number of carbonyl (C=O) groups excluding carboxylic acids is 2. The first-order chi connectivity index (χ1) is 14.6. The van der Waals surface area contributed by atoms with Crippen LogP contribution < -0.4 is 4.74 Å². The number of Topliss-reactive ketones (excluding diaryl/α,β-unsaturated/α-hetero) is 1. The minimum atomic E-state index is -0.775. The van der Waals surface area contributed by atoms with Gasteiger partial charge in [0.15, 0.2) is 0 Å². The molecule has 3 heterocycles. The Bertz CT molecular complexity index is 1100. The fraction of sp³-hybridized carbons (Fsp3) is 0.130. The van der Waals surface area contributed by atoms with Gasteiger partial charge in [0.25, 0.3) is 11.7 Å². The van der Waals surface area contributed by atoms with Gasteiger partial charge in [-0.25, -0.2) is 0 Å². The van der Waals surface area contributed by atoms with Crippen LogP contribution in [0.2, 0.25) is 0 Å². The minimum absolute atomic E-state index is 0.0223. The Kier molecular flexibility index (Phi) is 5.26. The van der Waals surface area contributed by atoms with E-state index in [1.807, 2.05) is 6.07 Å². The molecule has 7 nitrogen and oxygen atoms in total. The van der Waals surface area contributed by atoms with Crippen molar-refractivity contribution in [2.45, 2.75) is 12.6 Å². The summed E-state index contributed by atoms with van der Waals surface area (Å²) in [4.78, 5) is 35.7. The van der Waals surface area contributed by atoms with Crippen LogP contribution in [0.15, 0.2) is 78.8 Å². The molecule has 1 saturated heterocycles. The number of hydrogen-bond donors (Lipinski definition) is 1. The molecule has 0 aliphatic carbocycles. The van der Waals surface area contributed by atoms with Gasteiger partial charge < -0.3 is 14.7 Å². The molecule has 1 fully saturated rings. The molecule has 1 aromatic carbocycles. The van der Waals surface area contributed by atoms with Crippen molar-refractivity contribution in [2.75, 3.05) is 7.11 Å². The van der Waals surface area contributed by atoms with E-state index in [1.165, 1.54) is 4.90 Å². The maximum atomic E-state index is 13.0. The van der Waals surface area contributed by atoms with Gasteiger partial charge in [0, 0.05) is 24.2 Å². The number of likely N-dealkylation sites (tertiary alicyclic amines) is 1. The van der Waals surface area contributed by atoms with Crippen LogP contribution in [0.5, 0.6) is 5.75 Å². The number of aromatic nitrogens is 2. The molecule has 1 aliphatic heterocycles. The Labute approximate surface area is 173 Å². The second-order valence-corrected chi connectivity index (χ2v) is 6.76. The van der Waals surface area contributed by atoms with Crippen LogP contribution in [0.1, 0.15) is 22.9 Å². The molecule has 0 spiro atoms. The van der Waals surface area contributed by atoms with Crippen molar-refractivity contribution in [1.82, 2.24) is 14.9 Å². The van der Waals surface area contributed by atoms with Gasteiger partial charge >= 0.3 is 0 Å². The Morgan fingerprint density at radius 2 is 1.87 bits per heavy atom. The largest absolute Gasteiger partial charge is 0.507 e. The maximum absolute atomic E-state index is 13.0. The summed E-state index contributed by atoms with van der Waals surface area (Å²) in [5.74, 6) is -1.06. The summed E-state index contributed by atoms with van der Waals surface area (Å²) in [6, 6.07) is 14.7. The maximum Gasteiger partial charge on any atom is 0.296 e. The molecule has 1 amide bonds. The van der Waals surface area contributed by atoms with Gasteiger partial charge in [-0.05, 0) is 48.0 Å². The quantitative estimate of drug-likeness (QED) is 0.401. The molecule has 3 aromatic rings. The van der Waals surface area contributed by atoms with Crippen molar-refractivity contribution in [3.8, 4) is 5.75 Å². The number of aliphatic hydroxyl groups excluding tert-OH is 1. The van der Waals surface area contributed by atoms with E-state index in [2.05, 4.69) is 9.97 Å². The molecule has 1 atom stereocenters. The smallest absolute Gasteiger partial charge is 0.296 e. The second-order valence-electron chi connectivity index (χ2n) is 6.76. The number of ketones is 1. The number of amides is 1. The van der Waals surface area contributed by atoms with Crippen LogP contribution in [0.25, 0.3) is 5.76 Å². The first kappa shape index (κ1) is 19.3. The van der Waals surface area contributed by atoms with Gasteiger partial charge in [-0.3, -0.25) is 19.6 Å². The second kappa shape index (κ2) is 8.16. The molecule has 30 heavy (non-hydrogen) atoms. The number of ether oxygens (including phenoxy) is 1. The summed E-state index contributed by atoms with van der Waals surface area (Å²) in [5, 5.41) is 11.0. The molecule has 1 aliphatic rings. The normalized spacial score (nSPS) is 17.9. The Hall–Kier alpha value is -4.00. The van der Waals surface area contributed by atoms with Crippen molar-refractivity contribution in [1.29, 1.82) is 0 Å². The van der Waals surface area contributed by atoms with Gasteiger partial charge in [0.2, 0.25) is 0 Å². The molecule has 1 N–H and O–H groups in total. The van der Waals surface area contributed by atoms with Crippen LogP contribution in [-0.4, -0.2) is 38.8 Å². The van der Waals surface area contributed by atoms with Crippen molar-refractivity contribution < 1.29 is 19.4 Å². The number of aliphatic hydroxyl groups is 1. The van der Waals surface area contributed by atoms with E-state index in [0.29, 0.717) is 22.6 Å². The fourth-order valence-corrected chi connectivity index (χ4v) is 3.50. The first-order valence-electron chi connectivity index (χ1n) is 9.33. The number of carbonyl (C=O) groups is 2. The van der Waals surface area contributed by atoms with Gasteiger partial charge in [-0.2, -0.15) is 0 Å². The summed E-state index contributed by atoms with van der Waals surface area (Å²) in [6.07, 6.45) is 4.82. The molecule has 0 saturated carbocycles. The first-order valence-corrected chi connectivity index (χ1v) is 9.33. The predicted octanol–water partition coefficient (Wildman–Crippen LogP) is 3.11. The number of hydrogen-bond acceptors (Lipinski definition) is 6. The lowest BCUT2D eigenvalue weighted by molar-refractivity contribution is -0.140. The Balaban J connectivity index is 1.83. The molecule has 4 rings (SSSR count). The average molecular weight is 401 g/mol. The van der Waals surface area contributed by atoms with Crippen LogP contribution in [0.4, 0.5) is 0 Å². The van der Waals surface area contributed by atoms with E-state index in [0.717, 1.165) is 0 Å². The molecule has 2 aromatic heterocycles. The number of methoxy groups -OCH3 is 1. The Morgan fingerprint density at radius 3 is 2.50 bits per heavy atom. The highest BCUT2D eigenvalue weighted by atomic mass is 16.5. The fourth-order valence-electron chi connectivity index (χ4n) is 3.50. The lowest BCUT2D eigenvalue weighted by atomic mass is 9.96. The highest BCUT2D eigenvalue weighted by Gasteiger charge is 2.46. The summed E-state index contributed by atoms with van der Waals surface area (Å²) in [7, 11) is 1.54. The number of rotatable bonds is 5. The van der Waals surface area contributed by atoms with Crippen molar-refractivity contribution in [2.24, 2.45) is 0 Å². The van der Waals surface area contributed by atoms with Gasteiger partial charge in [-0.1, -0.05) is 12.1 Å². The molecule has 0 bridgehead atoms. The summed E-state index contributed by atoms with van der Waals surface area (Å²) in [6.45, 7) is 0.129. The van der Waals surface area contributed by atoms with Crippen molar-refractivity contribution in [3.63, 3.8) is 0 Å².